The van der Waals surface area contributed by atoms with Crippen LogP contribution in [0, 0.1) is 0 Å². The first kappa shape index (κ1) is 23.4. The van der Waals surface area contributed by atoms with Crippen LogP contribution in [-0.2, 0) is 24.0 Å². The van der Waals surface area contributed by atoms with Gasteiger partial charge in [-0.05, 0) is 42.7 Å². The fourth-order valence-electron chi connectivity index (χ4n) is 4.30. The standard InChI is InChI=1S/C24H20ClF3N4O3/c25-18-5-1-2-6-19(18)32-21-20(22(33)31(23(32)34)13-17-4-3-11-35-17)30(14-29-21)12-15-7-9-16(10-8-15)24(26,27)28/h1-2,5-10,14,17H,3-4,11-13H2. The molecule has 3 heterocycles. The Bertz CT molecular complexity index is 1500. The molecule has 11 heteroatoms. The number of imidazole rings is 1. The van der Waals surface area contributed by atoms with E-state index in [4.69, 9.17) is 16.3 Å². The molecule has 1 aliphatic rings. The molecule has 7 nitrogen and oxygen atoms in total. The van der Waals surface area contributed by atoms with Gasteiger partial charge in [0.15, 0.2) is 11.2 Å². The first-order valence-electron chi connectivity index (χ1n) is 11.0. The zero-order valence-electron chi connectivity index (χ0n) is 18.3. The zero-order valence-corrected chi connectivity index (χ0v) is 19.1. The van der Waals surface area contributed by atoms with Gasteiger partial charge in [0.05, 0.1) is 35.2 Å². The van der Waals surface area contributed by atoms with Gasteiger partial charge < -0.3 is 9.30 Å². The topological polar surface area (TPSA) is 71.0 Å². The van der Waals surface area contributed by atoms with E-state index < -0.39 is 23.0 Å². The van der Waals surface area contributed by atoms with E-state index in [9.17, 15) is 22.8 Å². The molecule has 1 atom stereocenters. The minimum atomic E-state index is -4.44. The highest BCUT2D eigenvalue weighted by molar-refractivity contribution is 6.32. The maximum Gasteiger partial charge on any atom is 0.416 e. The summed E-state index contributed by atoms with van der Waals surface area (Å²) in [5, 5.41) is 0.301. The van der Waals surface area contributed by atoms with Gasteiger partial charge in [-0.25, -0.2) is 14.3 Å². The Labute approximate surface area is 202 Å². The summed E-state index contributed by atoms with van der Waals surface area (Å²) in [5.41, 5.74) is -0.740. The van der Waals surface area contributed by atoms with E-state index in [0.29, 0.717) is 22.9 Å². The Morgan fingerprint density at radius 1 is 1.09 bits per heavy atom. The van der Waals surface area contributed by atoms with Crippen LogP contribution >= 0.6 is 11.6 Å². The summed E-state index contributed by atoms with van der Waals surface area (Å²) in [4.78, 5) is 31.3. The van der Waals surface area contributed by atoms with Crippen LogP contribution in [0.5, 0.6) is 0 Å². The fraction of sp³-hybridized carbons (Fsp3) is 0.292. The molecule has 2 aromatic carbocycles. The number of benzene rings is 2. The van der Waals surface area contributed by atoms with Crippen molar-refractivity contribution in [3.05, 3.63) is 91.8 Å². The lowest BCUT2D eigenvalue weighted by Crippen LogP contribution is -2.42. The Balaban J connectivity index is 1.67. The van der Waals surface area contributed by atoms with Gasteiger partial charge >= 0.3 is 11.9 Å². The molecular formula is C24H20ClF3N4O3. The van der Waals surface area contributed by atoms with Crippen molar-refractivity contribution < 1.29 is 17.9 Å². The quantitative estimate of drug-likeness (QED) is 0.407. The molecule has 0 spiro atoms. The third kappa shape index (κ3) is 4.39. The largest absolute Gasteiger partial charge is 0.416 e. The number of fused-ring (bicyclic) bond motifs is 1. The van der Waals surface area contributed by atoms with Gasteiger partial charge in [-0.3, -0.25) is 9.36 Å². The third-order valence-corrected chi connectivity index (χ3v) is 6.36. The molecule has 2 aromatic heterocycles. The van der Waals surface area contributed by atoms with Gasteiger partial charge in [0.1, 0.15) is 0 Å². The molecule has 0 radical (unpaired) electrons. The number of aromatic nitrogens is 4. The van der Waals surface area contributed by atoms with Crippen LogP contribution in [0.25, 0.3) is 16.9 Å². The van der Waals surface area contributed by atoms with Crippen LogP contribution in [-0.4, -0.2) is 31.4 Å². The molecule has 1 fully saturated rings. The van der Waals surface area contributed by atoms with E-state index in [1.165, 1.54) is 27.6 Å². The van der Waals surface area contributed by atoms with Crippen LogP contribution in [0.4, 0.5) is 13.2 Å². The summed E-state index contributed by atoms with van der Waals surface area (Å²) in [6.07, 6.45) is -1.76. The van der Waals surface area contributed by atoms with Gasteiger partial charge in [-0.1, -0.05) is 35.9 Å². The number of rotatable bonds is 5. The molecule has 0 amide bonds. The SMILES string of the molecule is O=c1c2c(ncn2Cc2ccc(C(F)(F)F)cc2)n(-c2ccccc2Cl)c(=O)n1CC1CCCO1. The molecule has 1 aliphatic heterocycles. The van der Waals surface area contributed by atoms with E-state index in [-0.39, 0.29) is 30.4 Å². The Kier molecular flexibility index (Phi) is 6.02. The molecule has 0 saturated carbocycles. The Hall–Kier alpha value is -3.37. The van der Waals surface area contributed by atoms with Crippen molar-refractivity contribution in [3.63, 3.8) is 0 Å². The summed E-state index contributed by atoms with van der Waals surface area (Å²) >= 11 is 6.38. The number of hydrogen-bond donors (Lipinski definition) is 0. The minimum Gasteiger partial charge on any atom is -0.376 e. The lowest BCUT2D eigenvalue weighted by atomic mass is 10.1. The number of halogens is 4. The second-order valence-corrected chi connectivity index (χ2v) is 8.77. The van der Waals surface area contributed by atoms with Gasteiger partial charge in [-0.2, -0.15) is 13.2 Å². The van der Waals surface area contributed by atoms with E-state index in [2.05, 4.69) is 4.98 Å². The lowest BCUT2D eigenvalue weighted by Gasteiger charge is -2.16. The van der Waals surface area contributed by atoms with Crippen LogP contribution in [0.15, 0.2) is 64.4 Å². The second-order valence-electron chi connectivity index (χ2n) is 8.36. The predicted molar refractivity (Wildman–Crippen MR) is 124 cm³/mol. The molecule has 1 saturated heterocycles. The molecule has 5 rings (SSSR count). The normalized spacial score (nSPS) is 16.3. The van der Waals surface area contributed by atoms with E-state index in [1.807, 2.05) is 0 Å². The molecule has 1 unspecified atom stereocenters. The number of para-hydroxylation sites is 1. The Morgan fingerprint density at radius 3 is 2.49 bits per heavy atom. The highest BCUT2D eigenvalue weighted by atomic mass is 35.5. The first-order valence-corrected chi connectivity index (χ1v) is 11.3. The lowest BCUT2D eigenvalue weighted by molar-refractivity contribution is -0.137. The smallest absolute Gasteiger partial charge is 0.376 e. The molecule has 182 valence electrons. The van der Waals surface area contributed by atoms with Crippen LogP contribution in [0.2, 0.25) is 5.02 Å². The van der Waals surface area contributed by atoms with Crippen LogP contribution in [0.1, 0.15) is 24.0 Å². The van der Waals surface area contributed by atoms with Gasteiger partial charge in [-0.15, -0.1) is 0 Å². The molecule has 0 aliphatic carbocycles. The summed E-state index contributed by atoms with van der Waals surface area (Å²) in [6.45, 7) is 0.722. The average Bonchev–Trinajstić information content (AvgIpc) is 3.48. The van der Waals surface area contributed by atoms with E-state index >= 15 is 0 Å². The van der Waals surface area contributed by atoms with Gasteiger partial charge in [0.25, 0.3) is 5.56 Å². The van der Waals surface area contributed by atoms with Crippen molar-refractivity contribution in [2.45, 2.75) is 38.2 Å². The maximum atomic E-state index is 13.5. The molecule has 4 aromatic rings. The number of alkyl halides is 3. The molecule has 0 bridgehead atoms. The monoisotopic (exact) mass is 504 g/mol. The predicted octanol–water partition coefficient (Wildman–Crippen LogP) is 4.25. The summed E-state index contributed by atoms with van der Waals surface area (Å²) in [5.74, 6) is 0. The van der Waals surface area contributed by atoms with Crippen molar-refractivity contribution >= 4 is 22.8 Å². The maximum absolute atomic E-state index is 13.5. The van der Waals surface area contributed by atoms with Gasteiger partial charge in [0, 0.05) is 13.2 Å². The van der Waals surface area contributed by atoms with Crippen LogP contribution < -0.4 is 11.2 Å². The summed E-state index contributed by atoms with van der Waals surface area (Å²) in [6, 6.07) is 11.4. The highest BCUT2D eigenvalue weighted by Crippen LogP contribution is 2.29. The Morgan fingerprint density at radius 2 is 1.83 bits per heavy atom. The number of nitrogens with zero attached hydrogens (tertiary/aromatic N) is 4. The number of hydrogen-bond acceptors (Lipinski definition) is 4. The fourth-order valence-corrected chi connectivity index (χ4v) is 4.52. The van der Waals surface area contributed by atoms with Crippen molar-refractivity contribution in [1.29, 1.82) is 0 Å². The van der Waals surface area contributed by atoms with Crippen molar-refractivity contribution in [1.82, 2.24) is 18.7 Å². The summed E-state index contributed by atoms with van der Waals surface area (Å²) < 4.78 is 48.4. The van der Waals surface area contributed by atoms with E-state index in [1.54, 1.807) is 24.3 Å². The number of ether oxygens (including phenoxy) is 1. The second kappa shape index (κ2) is 9.01. The third-order valence-electron chi connectivity index (χ3n) is 6.04. The van der Waals surface area contributed by atoms with Gasteiger partial charge in [0.2, 0.25) is 0 Å². The van der Waals surface area contributed by atoms with E-state index in [0.717, 1.165) is 29.5 Å². The average molecular weight is 505 g/mol. The van der Waals surface area contributed by atoms with Crippen molar-refractivity contribution in [2.24, 2.45) is 0 Å². The van der Waals surface area contributed by atoms with Crippen LogP contribution in [0.3, 0.4) is 0 Å². The van der Waals surface area contributed by atoms with Crippen molar-refractivity contribution in [2.75, 3.05) is 6.61 Å². The minimum absolute atomic E-state index is 0.0729. The van der Waals surface area contributed by atoms with Crippen molar-refractivity contribution in [3.8, 4) is 5.69 Å². The molecule has 35 heavy (non-hydrogen) atoms. The first-order chi connectivity index (χ1) is 16.7. The molecule has 0 N–H and O–H groups in total. The highest BCUT2D eigenvalue weighted by Gasteiger charge is 2.30. The molecular weight excluding hydrogens is 485 g/mol. The zero-order chi connectivity index (χ0) is 24.7. The summed E-state index contributed by atoms with van der Waals surface area (Å²) in [7, 11) is 0.